The highest BCUT2D eigenvalue weighted by Gasteiger charge is 2.09. The largest absolute Gasteiger partial charge is 0.322 e. The third-order valence-corrected chi connectivity index (χ3v) is 4.25. The minimum absolute atomic E-state index is 0.188. The molecule has 0 aromatic heterocycles. The van der Waals surface area contributed by atoms with Gasteiger partial charge in [-0.05, 0) is 12.8 Å². The van der Waals surface area contributed by atoms with E-state index >= 15 is 0 Å². The van der Waals surface area contributed by atoms with Crippen molar-refractivity contribution in [1.82, 2.24) is 0 Å². The number of carbonyl (C=O) groups is 1. The SMILES string of the molecule is [CH2]CC(N)C(=O)CCCCCCCCCCCCCCC. The second-order valence-corrected chi connectivity index (χ2v) is 6.35. The molecular weight excluding hydrogens is 258 g/mol. The first kappa shape index (κ1) is 20.6. The molecule has 2 N–H and O–H groups in total. The van der Waals surface area contributed by atoms with Gasteiger partial charge < -0.3 is 5.73 Å². The van der Waals surface area contributed by atoms with Crippen LogP contribution in [0.15, 0.2) is 0 Å². The number of rotatable bonds is 16. The van der Waals surface area contributed by atoms with E-state index in [9.17, 15) is 4.79 Å². The van der Waals surface area contributed by atoms with Crippen LogP contribution in [0.4, 0.5) is 0 Å². The van der Waals surface area contributed by atoms with Crippen LogP contribution in [0.1, 0.15) is 103 Å². The van der Waals surface area contributed by atoms with Gasteiger partial charge in [0.25, 0.3) is 0 Å². The van der Waals surface area contributed by atoms with Gasteiger partial charge in [0.05, 0.1) is 6.04 Å². The first-order valence-corrected chi connectivity index (χ1v) is 9.30. The lowest BCUT2D eigenvalue weighted by Gasteiger charge is -2.07. The molecule has 0 aliphatic heterocycles. The Morgan fingerprint density at radius 1 is 0.810 bits per heavy atom. The van der Waals surface area contributed by atoms with Crippen molar-refractivity contribution in [3.8, 4) is 0 Å². The van der Waals surface area contributed by atoms with E-state index in [1.807, 2.05) is 0 Å². The molecule has 0 heterocycles. The number of nitrogens with two attached hydrogens (primary N) is 1. The van der Waals surface area contributed by atoms with Crippen molar-refractivity contribution in [2.45, 2.75) is 109 Å². The number of ketones is 1. The van der Waals surface area contributed by atoms with Crippen LogP contribution in [0.5, 0.6) is 0 Å². The van der Waals surface area contributed by atoms with Crippen molar-refractivity contribution in [3.63, 3.8) is 0 Å². The molecule has 125 valence electrons. The smallest absolute Gasteiger partial charge is 0.149 e. The standard InChI is InChI=1S/C19H38NO/c1-3-5-6-7-8-9-10-11-12-13-14-15-16-17-19(21)18(20)4-2/h18H,2-17,20H2,1H3. The van der Waals surface area contributed by atoms with Gasteiger partial charge in [0.1, 0.15) is 5.78 Å². The summed E-state index contributed by atoms with van der Waals surface area (Å²) < 4.78 is 0. The highest BCUT2D eigenvalue weighted by atomic mass is 16.1. The van der Waals surface area contributed by atoms with Crippen LogP contribution in [-0.4, -0.2) is 11.8 Å². The van der Waals surface area contributed by atoms with Crippen molar-refractivity contribution < 1.29 is 4.79 Å². The molecule has 2 heteroatoms. The zero-order valence-electron chi connectivity index (χ0n) is 14.4. The van der Waals surface area contributed by atoms with Crippen LogP contribution in [0.2, 0.25) is 0 Å². The van der Waals surface area contributed by atoms with Crippen molar-refractivity contribution in [3.05, 3.63) is 6.92 Å². The topological polar surface area (TPSA) is 43.1 Å². The lowest BCUT2D eigenvalue weighted by atomic mass is 10.0. The van der Waals surface area contributed by atoms with E-state index in [0.29, 0.717) is 12.8 Å². The minimum atomic E-state index is -0.331. The zero-order chi connectivity index (χ0) is 15.8. The number of Topliss-reactive ketones (excluding diaryl/α,β-unsaturated/α-hetero) is 1. The van der Waals surface area contributed by atoms with Gasteiger partial charge in [-0.15, -0.1) is 0 Å². The van der Waals surface area contributed by atoms with Gasteiger partial charge >= 0.3 is 0 Å². The Morgan fingerprint density at radius 3 is 1.57 bits per heavy atom. The molecule has 0 fully saturated rings. The molecule has 0 saturated carbocycles. The average Bonchev–Trinajstić information content (AvgIpc) is 2.50. The van der Waals surface area contributed by atoms with E-state index in [2.05, 4.69) is 13.8 Å². The Bertz CT molecular complexity index is 228. The fraction of sp³-hybridized carbons (Fsp3) is 0.895. The number of unbranched alkanes of at least 4 members (excludes halogenated alkanes) is 12. The molecule has 0 aliphatic carbocycles. The van der Waals surface area contributed by atoms with E-state index in [0.717, 1.165) is 6.42 Å². The molecule has 0 saturated heterocycles. The lowest BCUT2D eigenvalue weighted by molar-refractivity contribution is -0.120. The quantitative estimate of drug-likeness (QED) is 0.377. The Labute approximate surface area is 133 Å². The number of carbonyl (C=O) groups excluding carboxylic acids is 1. The van der Waals surface area contributed by atoms with Gasteiger partial charge in [-0.3, -0.25) is 4.79 Å². The maximum atomic E-state index is 11.5. The maximum Gasteiger partial charge on any atom is 0.149 e. The summed E-state index contributed by atoms with van der Waals surface area (Å²) in [5.41, 5.74) is 5.65. The summed E-state index contributed by atoms with van der Waals surface area (Å²) >= 11 is 0. The van der Waals surface area contributed by atoms with Gasteiger partial charge in [0.2, 0.25) is 0 Å². The van der Waals surface area contributed by atoms with Crippen molar-refractivity contribution in [2.24, 2.45) is 5.73 Å². The number of hydrogen-bond acceptors (Lipinski definition) is 2. The van der Waals surface area contributed by atoms with Gasteiger partial charge in [-0.1, -0.05) is 90.9 Å². The van der Waals surface area contributed by atoms with Gasteiger partial charge in [0, 0.05) is 6.42 Å². The predicted molar refractivity (Wildman–Crippen MR) is 93.3 cm³/mol. The van der Waals surface area contributed by atoms with Crippen LogP contribution in [0.25, 0.3) is 0 Å². The van der Waals surface area contributed by atoms with Crippen LogP contribution < -0.4 is 5.73 Å². The Balaban J connectivity index is 3.11. The fourth-order valence-electron chi connectivity index (χ4n) is 2.66. The van der Waals surface area contributed by atoms with Crippen molar-refractivity contribution in [2.75, 3.05) is 0 Å². The number of hydrogen-bond donors (Lipinski definition) is 1. The molecule has 2 nitrogen and oxygen atoms in total. The summed E-state index contributed by atoms with van der Waals surface area (Å²) in [6.07, 6.45) is 18.5. The molecule has 1 unspecified atom stereocenters. The van der Waals surface area contributed by atoms with Gasteiger partial charge in [-0.25, -0.2) is 0 Å². The van der Waals surface area contributed by atoms with E-state index in [4.69, 9.17) is 5.73 Å². The summed E-state index contributed by atoms with van der Waals surface area (Å²) in [5, 5.41) is 0. The average molecular weight is 297 g/mol. The molecule has 1 atom stereocenters. The molecule has 0 aromatic rings. The summed E-state index contributed by atoms with van der Waals surface area (Å²) in [7, 11) is 0. The highest BCUT2D eigenvalue weighted by Crippen LogP contribution is 2.13. The fourth-order valence-corrected chi connectivity index (χ4v) is 2.66. The van der Waals surface area contributed by atoms with E-state index in [1.165, 1.54) is 77.0 Å². The summed E-state index contributed by atoms with van der Waals surface area (Å²) in [4.78, 5) is 11.5. The molecule has 0 spiro atoms. The van der Waals surface area contributed by atoms with E-state index < -0.39 is 0 Å². The first-order valence-electron chi connectivity index (χ1n) is 9.30. The lowest BCUT2D eigenvalue weighted by Crippen LogP contribution is -2.29. The molecule has 0 aliphatic rings. The Hall–Kier alpha value is -0.370. The summed E-state index contributed by atoms with van der Waals surface area (Å²) in [6.45, 7) is 5.94. The predicted octanol–water partition coefficient (Wildman–Crippen LogP) is 5.59. The van der Waals surface area contributed by atoms with E-state index in [1.54, 1.807) is 0 Å². The minimum Gasteiger partial charge on any atom is -0.322 e. The van der Waals surface area contributed by atoms with Gasteiger partial charge in [0.15, 0.2) is 0 Å². The normalized spacial score (nSPS) is 12.5. The van der Waals surface area contributed by atoms with Crippen LogP contribution >= 0.6 is 0 Å². The second-order valence-electron chi connectivity index (χ2n) is 6.35. The molecular formula is C19H38NO. The zero-order valence-corrected chi connectivity index (χ0v) is 14.4. The third-order valence-electron chi connectivity index (χ3n) is 4.25. The second kappa shape index (κ2) is 16.0. The Morgan fingerprint density at radius 2 is 1.19 bits per heavy atom. The molecule has 0 rings (SSSR count). The van der Waals surface area contributed by atoms with Gasteiger partial charge in [-0.2, -0.15) is 0 Å². The Kier molecular flexibility index (Phi) is 15.7. The summed E-state index contributed by atoms with van der Waals surface area (Å²) in [5.74, 6) is 0.188. The molecule has 0 bridgehead atoms. The van der Waals surface area contributed by atoms with Crippen molar-refractivity contribution >= 4 is 5.78 Å². The van der Waals surface area contributed by atoms with E-state index in [-0.39, 0.29) is 11.8 Å². The monoisotopic (exact) mass is 296 g/mol. The molecule has 1 radical (unpaired) electrons. The van der Waals surface area contributed by atoms with Crippen LogP contribution in [0, 0.1) is 6.92 Å². The van der Waals surface area contributed by atoms with Crippen LogP contribution in [-0.2, 0) is 4.79 Å². The highest BCUT2D eigenvalue weighted by molar-refractivity contribution is 5.83. The van der Waals surface area contributed by atoms with Crippen molar-refractivity contribution in [1.29, 1.82) is 0 Å². The molecule has 21 heavy (non-hydrogen) atoms. The third kappa shape index (κ3) is 14.3. The molecule has 0 amide bonds. The van der Waals surface area contributed by atoms with Crippen LogP contribution in [0.3, 0.4) is 0 Å². The molecule has 0 aromatic carbocycles. The first-order chi connectivity index (χ1) is 10.2. The summed E-state index contributed by atoms with van der Waals surface area (Å²) in [6, 6.07) is -0.331. The maximum absolute atomic E-state index is 11.5.